The first-order chi connectivity index (χ1) is 14.1. The number of ether oxygens (including phenoxy) is 1. The number of hydrogen-bond acceptors (Lipinski definition) is 5. The number of esters is 1. The second kappa shape index (κ2) is 8.79. The summed E-state index contributed by atoms with van der Waals surface area (Å²) >= 11 is 6.11. The fraction of sp³-hybridized carbons (Fsp3) is 0.400. The lowest BCUT2D eigenvalue weighted by Crippen LogP contribution is -2.43. The maximum absolute atomic E-state index is 13.2. The Kier molecular flexibility index (Phi) is 6.54. The first kappa shape index (κ1) is 22.3. The summed E-state index contributed by atoms with van der Waals surface area (Å²) in [5.74, 6) is -1.02. The van der Waals surface area contributed by atoms with Crippen LogP contribution >= 0.6 is 11.6 Å². The number of rotatable bonds is 6. The Hall–Kier alpha value is -2.36. The fourth-order valence-electron chi connectivity index (χ4n) is 3.40. The lowest BCUT2D eigenvalue weighted by Gasteiger charge is -2.23. The maximum Gasteiger partial charge on any atom is 0.354 e. The van der Waals surface area contributed by atoms with Crippen LogP contribution in [0, 0.1) is 6.92 Å². The number of carbonyl (C=O) groups is 2. The molecule has 1 aliphatic heterocycles. The molecule has 2 aromatic rings. The number of amides is 1. The molecule has 0 aliphatic carbocycles. The summed E-state index contributed by atoms with van der Waals surface area (Å²) in [4.78, 5) is 24.8. The van der Waals surface area contributed by atoms with E-state index in [0.29, 0.717) is 23.6 Å². The topological polar surface area (TPSA) is 97.7 Å². The van der Waals surface area contributed by atoms with Gasteiger partial charge in [0.25, 0.3) is 0 Å². The van der Waals surface area contributed by atoms with Crippen molar-refractivity contribution in [1.29, 1.82) is 0 Å². The minimum Gasteiger partial charge on any atom is -0.461 e. The molecule has 0 radical (unpaired) electrons. The van der Waals surface area contributed by atoms with Crippen molar-refractivity contribution >= 4 is 39.2 Å². The van der Waals surface area contributed by atoms with Crippen molar-refractivity contribution in [3.8, 4) is 0 Å². The Balaban J connectivity index is 1.83. The second-order valence-corrected chi connectivity index (χ2v) is 9.42. The monoisotopic (exact) mass is 453 g/mol. The van der Waals surface area contributed by atoms with Gasteiger partial charge in [0.15, 0.2) is 0 Å². The zero-order valence-electron chi connectivity index (χ0n) is 17.0. The number of anilines is 1. The summed E-state index contributed by atoms with van der Waals surface area (Å²) < 4.78 is 34.0. The van der Waals surface area contributed by atoms with E-state index in [4.69, 9.17) is 16.3 Å². The predicted molar refractivity (Wildman–Crippen MR) is 113 cm³/mol. The largest absolute Gasteiger partial charge is 0.461 e. The van der Waals surface area contributed by atoms with Gasteiger partial charge in [-0.15, -0.1) is 0 Å². The molecule has 0 bridgehead atoms. The fourth-order valence-corrected chi connectivity index (χ4v) is 5.31. The molecule has 30 heavy (non-hydrogen) atoms. The van der Waals surface area contributed by atoms with E-state index in [1.807, 2.05) is 6.92 Å². The third kappa shape index (κ3) is 4.38. The molecule has 1 saturated heterocycles. The Labute approximate surface area is 180 Å². The van der Waals surface area contributed by atoms with Crippen molar-refractivity contribution in [1.82, 2.24) is 8.87 Å². The van der Waals surface area contributed by atoms with Gasteiger partial charge in [-0.05, 0) is 50.5 Å². The number of hydrogen-bond donors (Lipinski definition) is 1. The van der Waals surface area contributed by atoms with Gasteiger partial charge in [0.2, 0.25) is 15.9 Å². The van der Waals surface area contributed by atoms with Gasteiger partial charge in [-0.25, -0.2) is 13.2 Å². The normalized spacial score (nSPS) is 17.1. The molecule has 0 spiro atoms. The molecule has 0 saturated carbocycles. The SMILES string of the molecule is CCOC(=O)c1cc(S(=O)(=O)N2CCCC2C(=O)Nc2ccc(C)c(Cl)c2)cn1C. The van der Waals surface area contributed by atoms with Crippen LogP contribution in [0.1, 0.15) is 35.8 Å². The van der Waals surface area contributed by atoms with E-state index in [2.05, 4.69) is 5.32 Å². The van der Waals surface area contributed by atoms with E-state index in [1.54, 1.807) is 32.2 Å². The first-order valence-electron chi connectivity index (χ1n) is 9.57. The van der Waals surface area contributed by atoms with Crippen LogP contribution < -0.4 is 5.32 Å². The van der Waals surface area contributed by atoms with Crippen molar-refractivity contribution in [2.75, 3.05) is 18.5 Å². The summed E-state index contributed by atoms with van der Waals surface area (Å²) in [6, 6.07) is 5.56. The predicted octanol–water partition coefficient (Wildman–Crippen LogP) is 2.96. The van der Waals surface area contributed by atoms with E-state index in [-0.39, 0.29) is 23.7 Å². The Bertz CT molecular complexity index is 1080. The molecule has 3 rings (SSSR count). The molecule has 1 aromatic heterocycles. The van der Waals surface area contributed by atoms with Crippen molar-refractivity contribution in [3.05, 3.63) is 46.7 Å². The first-order valence-corrected chi connectivity index (χ1v) is 11.4. The minimum atomic E-state index is -3.97. The second-order valence-electron chi connectivity index (χ2n) is 7.12. The lowest BCUT2D eigenvalue weighted by molar-refractivity contribution is -0.119. The van der Waals surface area contributed by atoms with Crippen LogP contribution in [0.4, 0.5) is 5.69 Å². The molecular formula is C20H24ClN3O5S. The molecule has 1 aromatic carbocycles. The molecule has 8 nitrogen and oxygen atoms in total. The van der Waals surface area contributed by atoms with Crippen LogP contribution in [0.2, 0.25) is 5.02 Å². The van der Waals surface area contributed by atoms with Crippen LogP contribution in [0.25, 0.3) is 0 Å². The number of sulfonamides is 1. The number of nitrogens with one attached hydrogen (secondary N) is 1. The van der Waals surface area contributed by atoms with Crippen molar-refractivity contribution < 1.29 is 22.7 Å². The van der Waals surface area contributed by atoms with Crippen LogP contribution in [0.15, 0.2) is 35.4 Å². The third-order valence-electron chi connectivity index (χ3n) is 5.02. The standard InChI is InChI=1S/C20H24ClN3O5S/c1-4-29-20(26)18-11-15(12-23(18)3)30(27,28)24-9-5-6-17(24)19(25)22-14-8-7-13(2)16(21)10-14/h7-8,10-12,17H,4-6,9H2,1-3H3,(H,22,25). The number of benzene rings is 1. The van der Waals surface area contributed by atoms with Gasteiger partial charge < -0.3 is 14.6 Å². The van der Waals surface area contributed by atoms with E-state index in [9.17, 15) is 18.0 Å². The molecular weight excluding hydrogens is 430 g/mol. The molecule has 162 valence electrons. The van der Waals surface area contributed by atoms with Gasteiger partial charge in [-0.3, -0.25) is 4.79 Å². The van der Waals surface area contributed by atoms with Crippen molar-refractivity contribution in [2.45, 2.75) is 37.6 Å². The Morgan fingerprint density at radius 1 is 1.30 bits per heavy atom. The van der Waals surface area contributed by atoms with E-state index in [0.717, 1.165) is 5.56 Å². The third-order valence-corrected chi connectivity index (χ3v) is 7.30. The molecule has 1 amide bonds. The molecule has 1 unspecified atom stereocenters. The summed E-state index contributed by atoms with van der Waals surface area (Å²) in [6.45, 7) is 3.93. The van der Waals surface area contributed by atoms with Crippen molar-refractivity contribution in [2.24, 2.45) is 7.05 Å². The number of nitrogens with zero attached hydrogens (tertiary/aromatic N) is 2. The zero-order chi connectivity index (χ0) is 22.1. The van der Waals surface area contributed by atoms with E-state index >= 15 is 0 Å². The number of aromatic nitrogens is 1. The number of aryl methyl sites for hydroxylation is 2. The lowest BCUT2D eigenvalue weighted by atomic mass is 10.2. The summed E-state index contributed by atoms with van der Waals surface area (Å²) in [5, 5.41) is 3.26. The zero-order valence-corrected chi connectivity index (χ0v) is 18.6. The molecule has 10 heteroatoms. The van der Waals surface area contributed by atoms with Crippen LogP contribution in [-0.4, -0.2) is 48.4 Å². The minimum absolute atomic E-state index is 0.0499. The molecule has 2 heterocycles. The van der Waals surface area contributed by atoms with Gasteiger partial charge in [-0.1, -0.05) is 17.7 Å². The molecule has 1 fully saturated rings. The van der Waals surface area contributed by atoms with Gasteiger partial charge in [0.1, 0.15) is 16.6 Å². The van der Waals surface area contributed by atoms with Gasteiger partial charge in [0, 0.05) is 30.5 Å². The van der Waals surface area contributed by atoms with Crippen LogP contribution in [0.5, 0.6) is 0 Å². The number of carbonyl (C=O) groups excluding carboxylic acids is 2. The van der Waals surface area contributed by atoms with Crippen LogP contribution in [-0.2, 0) is 26.6 Å². The smallest absolute Gasteiger partial charge is 0.354 e. The molecule has 1 aliphatic rings. The summed E-state index contributed by atoms with van der Waals surface area (Å²) in [7, 11) is -2.40. The Morgan fingerprint density at radius 3 is 2.70 bits per heavy atom. The molecule has 1 atom stereocenters. The Morgan fingerprint density at radius 2 is 2.03 bits per heavy atom. The van der Waals surface area contributed by atoms with Gasteiger partial charge in [0.05, 0.1) is 6.61 Å². The highest BCUT2D eigenvalue weighted by Crippen LogP contribution is 2.29. The highest BCUT2D eigenvalue weighted by molar-refractivity contribution is 7.89. The highest BCUT2D eigenvalue weighted by atomic mass is 35.5. The highest BCUT2D eigenvalue weighted by Gasteiger charge is 2.40. The summed E-state index contributed by atoms with van der Waals surface area (Å²) in [6.07, 6.45) is 2.32. The van der Waals surface area contributed by atoms with Gasteiger partial charge >= 0.3 is 5.97 Å². The average Bonchev–Trinajstić information content (AvgIpc) is 3.32. The van der Waals surface area contributed by atoms with E-state index < -0.39 is 27.9 Å². The molecule has 1 N–H and O–H groups in total. The quantitative estimate of drug-likeness (QED) is 0.678. The average molecular weight is 454 g/mol. The van der Waals surface area contributed by atoms with Crippen molar-refractivity contribution in [3.63, 3.8) is 0 Å². The van der Waals surface area contributed by atoms with E-state index in [1.165, 1.54) is 21.1 Å². The maximum atomic E-state index is 13.2. The number of halogens is 1. The van der Waals surface area contributed by atoms with Gasteiger partial charge in [-0.2, -0.15) is 4.31 Å². The van der Waals surface area contributed by atoms with Crippen LogP contribution in [0.3, 0.4) is 0 Å². The summed E-state index contributed by atoms with van der Waals surface area (Å²) in [5.41, 5.74) is 1.51.